The van der Waals surface area contributed by atoms with Crippen molar-refractivity contribution in [3.63, 3.8) is 0 Å². The Morgan fingerprint density at radius 1 is 1.33 bits per heavy atom. The molecule has 3 nitrogen and oxygen atoms in total. The molecule has 82 valence electrons. The maximum absolute atomic E-state index is 11.2. The first kappa shape index (κ1) is 11.9. The fraction of sp³-hybridized carbons (Fsp3) is 0.364. The van der Waals surface area contributed by atoms with E-state index < -0.39 is 0 Å². The van der Waals surface area contributed by atoms with E-state index in [4.69, 9.17) is 11.6 Å². The number of rotatable bonds is 4. The number of nitrogens with zero attached hydrogens (tertiary/aromatic N) is 1. The Labute approximate surface area is 95.0 Å². The Morgan fingerprint density at radius 2 is 1.93 bits per heavy atom. The monoisotopic (exact) mass is 226 g/mol. The molecule has 1 aromatic rings. The Bertz CT molecular complexity index is 322. The second-order valence-corrected chi connectivity index (χ2v) is 3.81. The third kappa shape index (κ3) is 3.80. The van der Waals surface area contributed by atoms with Gasteiger partial charge in [-0.25, -0.2) is 0 Å². The molecule has 1 rings (SSSR count). The third-order valence-electron chi connectivity index (χ3n) is 1.99. The highest BCUT2D eigenvalue weighted by atomic mass is 35.5. The summed E-state index contributed by atoms with van der Waals surface area (Å²) in [5.74, 6) is 0.296. The lowest BCUT2D eigenvalue weighted by Crippen LogP contribution is -2.12. The van der Waals surface area contributed by atoms with Crippen molar-refractivity contribution in [2.75, 3.05) is 30.2 Å². The lowest BCUT2D eigenvalue weighted by molar-refractivity contribution is -0.115. The average Bonchev–Trinajstić information content (AvgIpc) is 2.18. The van der Waals surface area contributed by atoms with E-state index >= 15 is 0 Å². The van der Waals surface area contributed by atoms with Crippen molar-refractivity contribution in [2.45, 2.75) is 6.42 Å². The second-order valence-electron chi connectivity index (χ2n) is 3.43. The van der Waals surface area contributed by atoms with Crippen molar-refractivity contribution in [2.24, 2.45) is 0 Å². The van der Waals surface area contributed by atoms with Gasteiger partial charge in [0.15, 0.2) is 0 Å². The van der Waals surface area contributed by atoms with Crippen LogP contribution in [0, 0.1) is 0 Å². The van der Waals surface area contributed by atoms with Crippen LogP contribution < -0.4 is 10.2 Å². The molecule has 0 saturated carbocycles. The molecule has 4 heteroatoms. The van der Waals surface area contributed by atoms with E-state index in [1.54, 1.807) is 0 Å². The average molecular weight is 227 g/mol. The van der Waals surface area contributed by atoms with Crippen LogP contribution >= 0.6 is 11.6 Å². The number of carbonyl (C=O) groups is 1. The number of amides is 1. The Morgan fingerprint density at radius 3 is 2.40 bits per heavy atom. The summed E-state index contributed by atoms with van der Waals surface area (Å²) in [5.41, 5.74) is 1.90. The molecule has 1 N–H and O–H groups in total. The van der Waals surface area contributed by atoms with Gasteiger partial charge < -0.3 is 10.2 Å². The van der Waals surface area contributed by atoms with Crippen LogP contribution in [0.15, 0.2) is 24.3 Å². The molecule has 0 heterocycles. The van der Waals surface area contributed by atoms with Gasteiger partial charge in [0.05, 0.1) is 0 Å². The van der Waals surface area contributed by atoms with Crippen LogP contribution in [0.1, 0.15) is 6.42 Å². The summed E-state index contributed by atoms with van der Waals surface area (Å²) in [6.07, 6.45) is 0.344. The van der Waals surface area contributed by atoms with E-state index in [2.05, 4.69) is 5.32 Å². The first-order chi connectivity index (χ1) is 7.13. The van der Waals surface area contributed by atoms with Crippen LogP contribution in [0.2, 0.25) is 0 Å². The lowest BCUT2D eigenvalue weighted by Gasteiger charge is -2.12. The van der Waals surface area contributed by atoms with Crippen LogP contribution in [0.5, 0.6) is 0 Å². The molecular weight excluding hydrogens is 212 g/mol. The maximum atomic E-state index is 11.2. The van der Waals surface area contributed by atoms with Crippen LogP contribution in [0.25, 0.3) is 0 Å². The minimum Gasteiger partial charge on any atom is -0.378 e. The first-order valence-electron chi connectivity index (χ1n) is 4.76. The number of nitrogens with one attached hydrogen (secondary N) is 1. The minimum atomic E-state index is -0.0531. The quantitative estimate of drug-likeness (QED) is 0.800. The van der Waals surface area contributed by atoms with Gasteiger partial charge in [0.1, 0.15) is 0 Å². The van der Waals surface area contributed by atoms with Crippen LogP contribution in [-0.4, -0.2) is 25.9 Å². The van der Waals surface area contributed by atoms with Crippen molar-refractivity contribution >= 4 is 28.9 Å². The molecule has 0 unspecified atom stereocenters. The summed E-state index contributed by atoms with van der Waals surface area (Å²) >= 11 is 5.46. The van der Waals surface area contributed by atoms with Gasteiger partial charge in [-0.05, 0) is 24.3 Å². The van der Waals surface area contributed by atoms with E-state index in [0.29, 0.717) is 12.3 Å². The molecule has 1 amide bonds. The van der Waals surface area contributed by atoms with Crippen molar-refractivity contribution in [3.8, 4) is 0 Å². The Balaban J connectivity index is 2.60. The Hall–Kier alpha value is -1.22. The fourth-order valence-corrected chi connectivity index (χ4v) is 1.32. The highest BCUT2D eigenvalue weighted by Crippen LogP contribution is 2.15. The van der Waals surface area contributed by atoms with Gasteiger partial charge in [-0.2, -0.15) is 0 Å². The second kappa shape index (κ2) is 5.61. The van der Waals surface area contributed by atoms with Gasteiger partial charge in [0.25, 0.3) is 0 Å². The van der Waals surface area contributed by atoms with Gasteiger partial charge in [-0.15, -0.1) is 11.6 Å². The van der Waals surface area contributed by atoms with Crippen molar-refractivity contribution in [1.82, 2.24) is 0 Å². The summed E-state index contributed by atoms with van der Waals surface area (Å²) < 4.78 is 0. The highest BCUT2D eigenvalue weighted by Gasteiger charge is 2.01. The molecule has 0 spiro atoms. The predicted molar refractivity (Wildman–Crippen MR) is 64.7 cm³/mol. The summed E-state index contributed by atoms with van der Waals surface area (Å²) in [7, 11) is 3.95. The SMILES string of the molecule is CN(C)c1ccc(NC(=O)CCCl)cc1. The lowest BCUT2D eigenvalue weighted by atomic mass is 10.2. The standard InChI is InChI=1S/C11H15ClN2O/c1-14(2)10-5-3-9(4-6-10)13-11(15)7-8-12/h3-6H,7-8H2,1-2H3,(H,13,15). The van der Waals surface area contributed by atoms with Crippen molar-refractivity contribution in [3.05, 3.63) is 24.3 Å². The topological polar surface area (TPSA) is 32.3 Å². The molecule has 0 aromatic heterocycles. The van der Waals surface area contributed by atoms with Crippen LogP contribution in [0.4, 0.5) is 11.4 Å². The Kier molecular flexibility index (Phi) is 4.43. The normalized spacial score (nSPS) is 9.80. The van der Waals surface area contributed by atoms with Gasteiger partial charge in [-0.1, -0.05) is 0 Å². The molecule has 0 aliphatic carbocycles. The zero-order valence-electron chi connectivity index (χ0n) is 8.96. The summed E-state index contributed by atoms with van der Waals surface area (Å²) in [5, 5.41) is 2.77. The van der Waals surface area contributed by atoms with E-state index in [9.17, 15) is 4.79 Å². The molecule has 0 aliphatic heterocycles. The van der Waals surface area contributed by atoms with Gasteiger partial charge in [0, 0.05) is 37.8 Å². The minimum absolute atomic E-state index is 0.0531. The molecule has 0 aliphatic rings. The third-order valence-corrected chi connectivity index (χ3v) is 2.18. The number of benzene rings is 1. The van der Waals surface area contributed by atoms with E-state index in [1.807, 2.05) is 43.3 Å². The first-order valence-corrected chi connectivity index (χ1v) is 5.30. The fourth-order valence-electron chi connectivity index (χ4n) is 1.15. The van der Waals surface area contributed by atoms with Crippen molar-refractivity contribution in [1.29, 1.82) is 0 Å². The molecule has 0 saturated heterocycles. The number of hydrogen-bond acceptors (Lipinski definition) is 2. The number of anilines is 2. The number of alkyl halides is 1. The van der Waals surface area contributed by atoms with E-state index in [0.717, 1.165) is 11.4 Å². The zero-order chi connectivity index (χ0) is 11.3. The van der Waals surface area contributed by atoms with Gasteiger partial charge in [0.2, 0.25) is 5.91 Å². The maximum Gasteiger partial charge on any atom is 0.225 e. The summed E-state index contributed by atoms with van der Waals surface area (Å²) in [6, 6.07) is 7.66. The molecule has 0 bridgehead atoms. The molecule has 0 radical (unpaired) electrons. The van der Waals surface area contributed by atoms with Crippen LogP contribution in [0.3, 0.4) is 0 Å². The molecule has 0 fully saturated rings. The number of hydrogen-bond donors (Lipinski definition) is 1. The molecule has 15 heavy (non-hydrogen) atoms. The predicted octanol–water partition coefficient (Wildman–Crippen LogP) is 2.32. The largest absolute Gasteiger partial charge is 0.378 e. The van der Waals surface area contributed by atoms with E-state index in [1.165, 1.54) is 0 Å². The summed E-state index contributed by atoms with van der Waals surface area (Å²) in [6.45, 7) is 0. The smallest absolute Gasteiger partial charge is 0.225 e. The van der Waals surface area contributed by atoms with Crippen molar-refractivity contribution < 1.29 is 4.79 Å². The summed E-state index contributed by atoms with van der Waals surface area (Å²) in [4.78, 5) is 13.2. The zero-order valence-corrected chi connectivity index (χ0v) is 9.71. The van der Waals surface area contributed by atoms with E-state index in [-0.39, 0.29) is 5.91 Å². The number of carbonyl (C=O) groups excluding carboxylic acids is 1. The molecule has 1 aromatic carbocycles. The number of halogens is 1. The molecule has 0 atom stereocenters. The van der Waals surface area contributed by atoms with Gasteiger partial charge in [-0.3, -0.25) is 4.79 Å². The van der Waals surface area contributed by atoms with Crippen LogP contribution in [-0.2, 0) is 4.79 Å². The highest BCUT2D eigenvalue weighted by molar-refractivity contribution is 6.19. The van der Waals surface area contributed by atoms with Gasteiger partial charge >= 0.3 is 0 Å². The molecular formula is C11H15ClN2O.